The standard InChI is InChI=1S/C16H22N4O3S/c1-12(21)20-10-14(9-19(2)3)16(11-20)18-24(22,23)15-6-4-5-13(7-15)8-17/h4-7,14,16,18H,9-11H2,1-3H3/t14-,16-/m1/s1. The lowest BCUT2D eigenvalue weighted by Gasteiger charge is -2.22. The number of carbonyl (C=O) groups excluding carboxylic acids is 1. The minimum atomic E-state index is -3.75. The summed E-state index contributed by atoms with van der Waals surface area (Å²) in [5, 5.41) is 8.93. The van der Waals surface area contributed by atoms with Crippen LogP contribution in [0.2, 0.25) is 0 Å². The summed E-state index contributed by atoms with van der Waals surface area (Å²) in [7, 11) is 0.0784. The van der Waals surface area contributed by atoms with Crippen molar-refractivity contribution in [3.05, 3.63) is 29.8 Å². The Bertz CT molecular complexity index is 755. The van der Waals surface area contributed by atoms with Gasteiger partial charge in [0.2, 0.25) is 15.9 Å². The lowest BCUT2D eigenvalue weighted by molar-refractivity contribution is -0.127. The van der Waals surface area contributed by atoms with E-state index >= 15 is 0 Å². The summed E-state index contributed by atoms with van der Waals surface area (Å²) in [6, 6.07) is 7.49. The molecule has 130 valence electrons. The number of likely N-dealkylation sites (tertiary alicyclic amines) is 1. The number of carbonyl (C=O) groups is 1. The second-order valence-electron chi connectivity index (χ2n) is 6.31. The second kappa shape index (κ2) is 7.30. The molecule has 0 bridgehead atoms. The number of nitriles is 1. The minimum absolute atomic E-state index is 0.0119. The van der Waals surface area contributed by atoms with E-state index in [0.29, 0.717) is 25.2 Å². The van der Waals surface area contributed by atoms with Gasteiger partial charge in [-0.3, -0.25) is 4.79 Å². The average molecular weight is 350 g/mol. The number of hydrogen-bond donors (Lipinski definition) is 1. The third-order valence-corrected chi connectivity index (χ3v) is 5.55. The smallest absolute Gasteiger partial charge is 0.240 e. The fourth-order valence-electron chi connectivity index (χ4n) is 2.92. The SMILES string of the molecule is CC(=O)N1C[C@@H](CN(C)C)[C@H](NS(=O)(=O)c2cccc(C#N)c2)C1. The molecule has 0 radical (unpaired) electrons. The van der Waals surface area contributed by atoms with Crippen LogP contribution in [0.15, 0.2) is 29.2 Å². The number of rotatable bonds is 5. The highest BCUT2D eigenvalue weighted by molar-refractivity contribution is 7.89. The number of amides is 1. The molecule has 1 saturated heterocycles. The van der Waals surface area contributed by atoms with E-state index in [9.17, 15) is 13.2 Å². The Labute approximate surface area is 142 Å². The largest absolute Gasteiger partial charge is 0.341 e. The van der Waals surface area contributed by atoms with E-state index in [2.05, 4.69) is 4.72 Å². The van der Waals surface area contributed by atoms with Gasteiger partial charge in [-0.2, -0.15) is 5.26 Å². The molecule has 1 aliphatic heterocycles. The van der Waals surface area contributed by atoms with Gasteiger partial charge in [0.1, 0.15) is 0 Å². The molecular formula is C16H22N4O3S. The van der Waals surface area contributed by atoms with E-state index in [1.54, 1.807) is 17.0 Å². The van der Waals surface area contributed by atoms with Crippen molar-refractivity contribution in [3.63, 3.8) is 0 Å². The monoisotopic (exact) mass is 350 g/mol. The van der Waals surface area contributed by atoms with Crippen LogP contribution in [0.25, 0.3) is 0 Å². The van der Waals surface area contributed by atoms with Gasteiger partial charge in [-0.05, 0) is 32.3 Å². The summed E-state index contributed by atoms with van der Waals surface area (Å²) >= 11 is 0. The fourth-order valence-corrected chi connectivity index (χ4v) is 4.26. The van der Waals surface area contributed by atoms with Crippen molar-refractivity contribution in [1.82, 2.24) is 14.5 Å². The molecule has 0 unspecified atom stereocenters. The molecule has 2 atom stereocenters. The predicted octanol–water partition coefficient (Wildman–Crippen LogP) is 0.245. The highest BCUT2D eigenvalue weighted by Gasteiger charge is 2.37. The van der Waals surface area contributed by atoms with Crippen molar-refractivity contribution in [2.24, 2.45) is 5.92 Å². The zero-order chi connectivity index (χ0) is 17.9. The maximum absolute atomic E-state index is 12.6. The third-order valence-electron chi connectivity index (χ3n) is 4.07. The van der Waals surface area contributed by atoms with Gasteiger partial charge in [0.15, 0.2) is 0 Å². The Balaban J connectivity index is 2.22. The average Bonchev–Trinajstić information content (AvgIpc) is 2.89. The van der Waals surface area contributed by atoms with Crippen LogP contribution in [0.1, 0.15) is 12.5 Å². The molecule has 24 heavy (non-hydrogen) atoms. The maximum Gasteiger partial charge on any atom is 0.240 e. The van der Waals surface area contributed by atoms with Crippen molar-refractivity contribution >= 4 is 15.9 Å². The van der Waals surface area contributed by atoms with Crippen molar-refractivity contribution in [2.75, 3.05) is 33.7 Å². The molecule has 1 aromatic carbocycles. The molecule has 0 spiro atoms. The number of nitrogens with one attached hydrogen (secondary N) is 1. The van der Waals surface area contributed by atoms with Gasteiger partial charge >= 0.3 is 0 Å². The van der Waals surface area contributed by atoms with Gasteiger partial charge in [0, 0.05) is 38.5 Å². The minimum Gasteiger partial charge on any atom is -0.341 e. The Morgan fingerprint density at radius 2 is 2.12 bits per heavy atom. The number of hydrogen-bond acceptors (Lipinski definition) is 5. The first-order valence-electron chi connectivity index (χ1n) is 7.65. The Kier molecular flexibility index (Phi) is 5.59. The first-order chi connectivity index (χ1) is 11.2. The summed E-state index contributed by atoms with van der Waals surface area (Å²) in [5.74, 6) is -0.0512. The van der Waals surface area contributed by atoms with Crippen LogP contribution in [0.3, 0.4) is 0 Å². The Morgan fingerprint density at radius 3 is 2.71 bits per heavy atom. The van der Waals surface area contributed by atoms with Crippen LogP contribution in [-0.2, 0) is 14.8 Å². The highest BCUT2D eigenvalue weighted by atomic mass is 32.2. The Hall–Kier alpha value is -1.95. The second-order valence-corrected chi connectivity index (χ2v) is 8.03. The van der Waals surface area contributed by atoms with Crippen molar-refractivity contribution in [2.45, 2.75) is 17.9 Å². The Morgan fingerprint density at radius 1 is 1.42 bits per heavy atom. The number of nitrogens with zero attached hydrogens (tertiary/aromatic N) is 3. The lowest BCUT2D eigenvalue weighted by atomic mass is 10.0. The maximum atomic E-state index is 12.6. The summed E-state index contributed by atoms with van der Waals surface area (Å²) in [6.45, 7) is 3.04. The van der Waals surface area contributed by atoms with Crippen LogP contribution >= 0.6 is 0 Å². The van der Waals surface area contributed by atoms with Crippen molar-refractivity contribution in [1.29, 1.82) is 5.26 Å². The molecule has 1 aromatic rings. The highest BCUT2D eigenvalue weighted by Crippen LogP contribution is 2.21. The zero-order valence-electron chi connectivity index (χ0n) is 14.1. The number of sulfonamides is 1. The van der Waals surface area contributed by atoms with E-state index < -0.39 is 10.0 Å². The predicted molar refractivity (Wildman–Crippen MR) is 89.6 cm³/mol. The molecule has 0 saturated carbocycles. The van der Waals surface area contributed by atoms with Crippen LogP contribution in [0.4, 0.5) is 0 Å². The van der Waals surface area contributed by atoms with Gasteiger partial charge in [0.05, 0.1) is 16.5 Å². The van der Waals surface area contributed by atoms with E-state index in [1.165, 1.54) is 19.1 Å². The van der Waals surface area contributed by atoms with Crippen LogP contribution in [0, 0.1) is 17.2 Å². The molecule has 8 heteroatoms. The van der Waals surface area contributed by atoms with Crippen molar-refractivity contribution in [3.8, 4) is 6.07 Å². The van der Waals surface area contributed by atoms with E-state index in [4.69, 9.17) is 5.26 Å². The number of benzene rings is 1. The molecule has 1 aliphatic rings. The zero-order valence-corrected chi connectivity index (χ0v) is 14.9. The van der Waals surface area contributed by atoms with E-state index in [1.807, 2.05) is 25.1 Å². The van der Waals surface area contributed by atoms with Crippen LogP contribution in [-0.4, -0.2) is 63.9 Å². The van der Waals surface area contributed by atoms with Gasteiger partial charge in [-0.1, -0.05) is 6.07 Å². The fraction of sp³-hybridized carbons (Fsp3) is 0.500. The molecule has 2 rings (SSSR count). The molecule has 0 aromatic heterocycles. The summed E-state index contributed by atoms with van der Waals surface area (Å²) < 4.78 is 28.0. The first kappa shape index (κ1) is 18.4. The summed E-state index contributed by atoms with van der Waals surface area (Å²) in [6.07, 6.45) is 0. The van der Waals surface area contributed by atoms with Gasteiger partial charge in [0.25, 0.3) is 0 Å². The van der Waals surface area contributed by atoms with Gasteiger partial charge < -0.3 is 9.80 Å². The summed E-state index contributed by atoms with van der Waals surface area (Å²) in [5.41, 5.74) is 0.291. The molecule has 0 aliphatic carbocycles. The lowest BCUT2D eigenvalue weighted by Crippen LogP contribution is -2.43. The van der Waals surface area contributed by atoms with Crippen LogP contribution < -0.4 is 4.72 Å². The van der Waals surface area contributed by atoms with Gasteiger partial charge in [-0.25, -0.2) is 13.1 Å². The van der Waals surface area contributed by atoms with Crippen molar-refractivity contribution < 1.29 is 13.2 Å². The molecular weight excluding hydrogens is 328 g/mol. The van der Waals surface area contributed by atoms with E-state index in [0.717, 1.165) is 0 Å². The normalized spacial score (nSPS) is 21.0. The molecule has 1 fully saturated rings. The summed E-state index contributed by atoms with van der Waals surface area (Å²) in [4.78, 5) is 15.3. The molecule has 7 nitrogen and oxygen atoms in total. The van der Waals surface area contributed by atoms with Crippen LogP contribution in [0.5, 0.6) is 0 Å². The molecule has 1 N–H and O–H groups in total. The first-order valence-corrected chi connectivity index (χ1v) is 9.14. The molecule has 1 amide bonds. The quantitative estimate of drug-likeness (QED) is 0.821. The molecule has 1 heterocycles. The third kappa shape index (κ3) is 4.32. The van der Waals surface area contributed by atoms with Gasteiger partial charge in [-0.15, -0.1) is 0 Å². The van der Waals surface area contributed by atoms with E-state index in [-0.39, 0.29) is 22.8 Å². The topological polar surface area (TPSA) is 93.5 Å².